The average Bonchev–Trinajstić information content (AvgIpc) is 2.48. The van der Waals surface area contributed by atoms with Gasteiger partial charge in [0.15, 0.2) is 0 Å². The van der Waals surface area contributed by atoms with Crippen LogP contribution in [-0.2, 0) is 4.74 Å². The number of carbonyl (C=O) groups excluding carboxylic acids is 1. The zero-order valence-electron chi connectivity index (χ0n) is 11.8. The van der Waals surface area contributed by atoms with Crippen molar-refractivity contribution in [2.45, 2.75) is 6.92 Å². The van der Waals surface area contributed by atoms with Gasteiger partial charge in [-0.2, -0.15) is 0 Å². The Morgan fingerprint density at radius 3 is 2.55 bits per heavy atom. The molecule has 2 rings (SSSR count). The van der Waals surface area contributed by atoms with Crippen molar-refractivity contribution in [3.63, 3.8) is 0 Å². The number of methoxy groups -OCH3 is 2. The molecule has 0 radical (unpaired) electrons. The van der Waals surface area contributed by atoms with E-state index in [1.807, 2.05) is 37.3 Å². The monoisotopic (exact) mass is 271 g/mol. The Morgan fingerprint density at radius 2 is 1.90 bits per heavy atom. The molecule has 0 unspecified atom stereocenters. The van der Waals surface area contributed by atoms with Crippen LogP contribution in [0.1, 0.15) is 15.9 Å². The number of nitrogens with one attached hydrogen (secondary N) is 1. The number of carbonyl (C=O) groups is 1. The van der Waals surface area contributed by atoms with E-state index in [1.54, 1.807) is 19.2 Å². The third-order valence-electron chi connectivity index (χ3n) is 3.00. The van der Waals surface area contributed by atoms with E-state index in [4.69, 9.17) is 9.47 Å². The lowest BCUT2D eigenvalue weighted by Gasteiger charge is -2.11. The highest BCUT2D eigenvalue weighted by molar-refractivity contribution is 5.90. The Bertz CT molecular complexity index is 623. The van der Waals surface area contributed by atoms with Gasteiger partial charge in [-0.3, -0.25) is 0 Å². The molecule has 0 saturated carbocycles. The summed E-state index contributed by atoms with van der Waals surface area (Å²) in [6.07, 6.45) is 0. The summed E-state index contributed by atoms with van der Waals surface area (Å²) in [5.41, 5.74) is 3.38. The van der Waals surface area contributed by atoms with E-state index >= 15 is 0 Å². The van der Waals surface area contributed by atoms with E-state index in [0.717, 1.165) is 22.7 Å². The Kier molecular flexibility index (Phi) is 4.25. The Morgan fingerprint density at radius 1 is 1.10 bits per heavy atom. The molecule has 0 atom stereocenters. The Balaban J connectivity index is 2.24. The molecular weight excluding hydrogens is 254 g/mol. The van der Waals surface area contributed by atoms with Crippen molar-refractivity contribution in [1.82, 2.24) is 0 Å². The Labute approximate surface area is 118 Å². The van der Waals surface area contributed by atoms with Gasteiger partial charge in [0.2, 0.25) is 0 Å². The van der Waals surface area contributed by atoms with Gasteiger partial charge in [-0.05, 0) is 48.9 Å². The van der Waals surface area contributed by atoms with E-state index in [1.165, 1.54) is 7.11 Å². The number of anilines is 2. The summed E-state index contributed by atoms with van der Waals surface area (Å²) in [6.45, 7) is 2.00. The van der Waals surface area contributed by atoms with Crippen molar-refractivity contribution < 1.29 is 14.3 Å². The van der Waals surface area contributed by atoms with Crippen LogP contribution in [-0.4, -0.2) is 20.2 Å². The van der Waals surface area contributed by atoms with E-state index in [9.17, 15) is 4.79 Å². The number of aryl methyl sites for hydroxylation is 1. The van der Waals surface area contributed by atoms with Gasteiger partial charge in [-0.15, -0.1) is 0 Å². The van der Waals surface area contributed by atoms with Gasteiger partial charge >= 0.3 is 5.97 Å². The molecule has 0 saturated heterocycles. The number of hydrogen-bond donors (Lipinski definition) is 1. The standard InChI is InChI=1S/C16H17NO3/c1-11-9-14(19-2)7-8-15(11)17-13-6-4-5-12(10-13)16(18)20-3/h4-10,17H,1-3H3. The summed E-state index contributed by atoms with van der Waals surface area (Å²) in [5.74, 6) is 0.469. The van der Waals surface area contributed by atoms with Crippen LogP contribution < -0.4 is 10.1 Å². The van der Waals surface area contributed by atoms with Crippen LogP contribution >= 0.6 is 0 Å². The van der Waals surface area contributed by atoms with Crippen LogP contribution in [0.25, 0.3) is 0 Å². The molecule has 4 heteroatoms. The lowest BCUT2D eigenvalue weighted by molar-refractivity contribution is 0.0601. The second kappa shape index (κ2) is 6.10. The van der Waals surface area contributed by atoms with E-state index in [2.05, 4.69) is 5.32 Å². The van der Waals surface area contributed by atoms with E-state index in [-0.39, 0.29) is 5.97 Å². The molecule has 0 bridgehead atoms. The highest BCUT2D eigenvalue weighted by atomic mass is 16.5. The SMILES string of the molecule is COC(=O)c1cccc(Nc2ccc(OC)cc2C)c1. The van der Waals surface area contributed by atoms with Crippen molar-refractivity contribution in [1.29, 1.82) is 0 Å². The van der Waals surface area contributed by atoms with Crippen molar-refractivity contribution in [2.75, 3.05) is 19.5 Å². The van der Waals surface area contributed by atoms with Crippen molar-refractivity contribution in [2.24, 2.45) is 0 Å². The van der Waals surface area contributed by atoms with Gasteiger partial charge in [-0.1, -0.05) is 6.07 Å². The minimum Gasteiger partial charge on any atom is -0.497 e. The summed E-state index contributed by atoms with van der Waals surface area (Å²) in [6, 6.07) is 13.0. The molecule has 0 aliphatic rings. The van der Waals surface area contributed by atoms with Crippen LogP contribution in [0, 0.1) is 6.92 Å². The second-order valence-corrected chi connectivity index (χ2v) is 4.38. The van der Waals surface area contributed by atoms with Gasteiger partial charge in [0.05, 0.1) is 19.8 Å². The van der Waals surface area contributed by atoms with Gasteiger partial charge < -0.3 is 14.8 Å². The molecule has 0 aliphatic heterocycles. The molecular formula is C16H17NO3. The average molecular weight is 271 g/mol. The number of hydrogen-bond acceptors (Lipinski definition) is 4. The van der Waals surface area contributed by atoms with Crippen molar-refractivity contribution in [3.05, 3.63) is 53.6 Å². The third kappa shape index (κ3) is 3.09. The van der Waals surface area contributed by atoms with Crippen molar-refractivity contribution >= 4 is 17.3 Å². The quantitative estimate of drug-likeness (QED) is 0.864. The summed E-state index contributed by atoms with van der Waals surface area (Å²) in [7, 11) is 3.01. The molecule has 2 aromatic rings. The van der Waals surface area contributed by atoms with Crippen LogP contribution in [0.5, 0.6) is 5.75 Å². The normalized spacial score (nSPS) is 9.95. The molecule has 0 spiro atoms. The fraction of sp³-hybridized carbons (Fsp3) is 0.188. The number of ether oxygens (including phenoxy) is 2. The minimum atomic E-state index is -0.347. The zero-order chi connectivity index (χ0) is 14.5. The molecule has 0 aliphatic carbocycles. The lowest BCUT2D eigenvalue weighted by atomic mass is 10.1. The first-order valence-corrected chi connectivity index (χ1v) is 6.24. The largest absolute Gasteiger partial charge is 0.497 e. The van der Waals surface area contributed by atoms with Gasteiger partial charge in [0.25, 0.3) is 0 Å². The molecule has 2 aromatic carbocycles. The van der Waals surface area contributed by atoms with E-state index < -0.39 is 0 Å². The first kappa shape index (κ1) is 13.9. The topological polar surface area (TPSA) is 47.6 Å². The molecule has 0 aromatic heterocycles. The molecule has 0 fully saturated rings. The van der Waals surface area contributed by atoms with Crippen molar-refractivity contribution in [3.8, 4) is 5.75 Å². The second-order valence-electron chi connectivity index (χ2n) is 4.38. The van der Waals surface area contributed by atoms with Crippen LogP contribution in [0.4, 0.5) is 11.4 Å². The molecule has 0 heterocycles. The maximum absolute atomic E-state index is 11.5. The summed E-state index contributed by atoms with van der Waals surface area (Å²) < 4.78 is 9.89. The Hall–Kier alpha value is -2.49. The highest BCUT2D eigenvalue weighted by Crippen LogP contribution is 2.25. The number of benzene rings is 2. The molecule has 104 valence electrons. The maximum atomic E-state index is 11.5. The number of rotatable bonds is 4. The summed E-state index contributed by atoms with van der Waals surface area (Å²) in [5, 5.41) is 3.28. The molecule has 20 heavy (non-hydrogen) atoms. The van der Waals surface area contributed by atoms with Crippen LogP contribution in [0.2, 0.25) is 0 Å². The molecule has 1 N–H and O–H groups in total. The predicted octanol–water partition coefficient (Wildman–Crippen LogP) is 3.53. The van der Waals surface area contributed by atoms with Crippen LogP contribution in [0.3, 0.4) is 0 Å². The smallest absolute Gasteiger partial charge is 0.337 e. The number of esters is 1. The fourth-order valence-electron chi connectivity index (χ4n) is 1.90. The first-order valence-electron chi connectivity index (χ1n) is 6.24. The first-order chi connectivity index (χ1) is 9.63. The molecule has 4 nitrogen and oxygen atoms in total. The van der Waals surface area contributed by atoms with E-state index in [0.29, 0.717) is 5.56 Å². The van der Waals surface area contributed by atoms with Gasteiger partial charge in [0, 0.05) is 11.4 Å². The zero-order valence-corrected chi connectivity index (χ0v) is 11.8. The molecule has 0 amide bonds. The fourth-order valence-corrected chi connectivity index (χ4v) is 1.90. The highest BCUT2D eigenvalue weighted by Gasteiger charge is 2.06. The predicted molar refractivity (Wildman–Crippen MR) is 78.8 cm³/mol. The van der Waals surface area contributed by atoms with Crippen LogP contribution in [0.15, 0.2) is 42.5 Å². The lowest BCUT2D eigenvalue weighted by Crippen LogP contribution is -2.02. The van der Waals surface area contributed by atoms with Gasteiger partial charge in [0.1, 0.15) is 5.75 Å². The summed E-state index contributed by atoms with van der Waals surface area (Å²) >= 11 is 0. The maximum Gasteiger partial charge on any atom is 0.337 e. The van der Waals surface area contributed by atoms with Gasteiger partial charge in [-0.25, -0.2) is 4.79 Å². The summed E-state index contributed by atoms with van der Waals surface area (Å²) in [4.78, 5) is 11.5. The third-order valence-corrected chi connectivity index (χ3v) is 3.00. The minimum absolute atomic E-state index is 0.347.